The standard InChI is InChI=1S/C7H16N4/c1-8-10-6-4-3-5-7-11-9-2/h3-7H2,1-2H3/b10-8+,11-9+. The molecule has 0 fully saturated rings. The molecule has 0 aromatic carbocycles. The highest BCUT2D eigenvalue weighted by atomic mass is 15.1. The largest absolute Gasteiger partial charge is 0.198 e. The predicted molar refractivity (Wildman–Crippen MR) is 45.1 cm³/mol. The van der Waals surface area contributed by atoms with E-state index < -0.39 is 0 Å². The maximum Gasteiger partial charge on any atom is 0.0598 e. The topological polar surface area (TPSA) is 49.4 Å². The van der Waals surface area contributed by atoms with Gasteiger partial charge in [-0.05, 0) is 19.3 Å². The van der Waals surface area contributed by atoms with E-state index >= 15 is 0 Å². The van der Waals surface area contributed by atoms with Crippen LogP contribution in [0.1, 0.15) is 19.3 Å². The molecule has 0 saturated carbocycles. The molecule has 64 valence electrons. The molecule has 0 unspecified atom stereocenters. The second-order valence-electron chi connectivity index (χ2n) is 2.19. The first-order valence-corrected chi connectivity index (χ1v) is 3.93. The van der Waals surface area contributed by atoms with Gasteiger partial charge in [-0.15, -0.1) is 0 Å². The fourth-order valence-electron chi connectivity index (χ4n) is 0.742. The molecule has 4 nitrogen and oxygen atoms in total. The third-order valence-corrected chi connectivity index (χ3v) is 1.30. The molecule has 0 aliphatic rings. The lowest BCUT2D eigenvalue weighted by atomic mass is 10.2. The minimum atomic E-state index is 0.847. The SMILES string of the molecule is C/N=N/CCCCC/N=N/C. The second-order valence-corrected chi connectivity index (χ2v) is 2.19. The van der Waals surface area contributed by atoms with Crippen LogP contribution in [0.25, 0.3) is 0 Å². The molecule has 0 bridgehead atoms. The number of hydrogen-bond donors (Lipinski definition) is 0. The lowest BCUT2D eigenvalue weighted by molar-refractivity contribution is 0.672. The summed E-state index contributed by atoms with van der Waals surface area (Å²) in [7, 11) is 3.40. The van der Waals surface area contributed by atoms with Gasteiger partial charge >= 0.3 is 0 Å². The highest BCUT2D eigenvalue weighted by Crippen LogP contribution is 1.96. The Bertz CT molecular complexity index is 106. The van der Waals surface area contributed by atoms with Crippen LogP contribution in [0.3, 0.4) is 0 Å². The van der Waals surface area contributed by atoms with Crippen molar-refractivity contribution < 1.29 is 0 Å². The zero-order chi connectivity index (χ0) is 8.36. The van der Waals surface area contributed by atoms with Crippen LogP contribution in [0.15, 0.2) is 20.5 Å². The van der Waals surface area contributed by atoms with Crippen LogP contribution in [-0.2, 0) is 0 Å². The Morgan fingerprint density at radius 2 is 1.18 bits per heavy atom. The van der Waals surface area contributed by atoms with Crippen LogP contribution >= 0.6 is 0 Å². The predicted octanol–water partition coefficient (Wildman–Crippen LogP) is 2.32. The van der Waals surface area contributed by atoms with Gasteiger partial charge in [0.1, 0.15) is 0 Å². The van der Waals surface area contributed by atoms with Crippen LogP contribution in [0, 0.1) is 0 Å². The second kappa shape index (κ2) is 9.20. The minimum Gasteiger partial charge on any atom is -0.198 e. The van der Waals surface area contributed by atoms with Crippen molar-refractivity contribution in [1.29, 1.82) is 0 Å². The molecule has 0 aromatic rings. The molecule has 0 aliphatic heterocycles. The summed E-state index contributed by atoms with van der Waals surface area (Å²) in [5.41, 5.74) is 0. The van der Waals surface area contributed by atoms with E-state index in [1.165, 1.54) is 0 Å². The van der Waals surface area contributed by atoms with Crippen molar-refractivity contribution in [2.45, 2.75) is 19.3 Å². The quantitative estimate of drug-likeness (QED) is 0.418. The van der Waals surface area contributed by atoms with Crippen molar-refractivity contribution in [2.75, 3.05) is 27.2 Å². The smallest absolute Gasteiger partial charge is 0.0598 e. The molecule has 0 atom stereocenters. The molecule has 4 heteroatoms. The van der Waals surface area contributed by atoms with Gasteiger partial charge in [-0.25, -0.2) is 0 Å². The number of rotatable bonds is 6. The average molecular weight is 156 g/mol. The van der Waals surface area contributed by atoms with E-state index in [4.69, 9.17) is 0 Å². The van der Waals surface area contributed by atoms with E-state index in [1.807, 2.05) is 0 Å². The molecule has 0 heterocycles. The highest BCUT2D eigenvalue weighted by molar-refractivity contribution is 4.45. The normalized spacial score (nSPS) is 11.8. The van der Waals surface area contributed by atoms with Gasteiger partial charge in [0, 0.05) is 14.1 Å². The van der Waals surface area contributed by atoms with E-state index in [0.29, 0.717) is 0 Å². The monoisotopic (exact) mass is 156 g/mol. The zero-order valence-corrected chi connectivity index (χ0v) is 7.32. The first-order valence-electron chi connectivity index (χ1n) is 3.93. The Labute approximate surface area is 67.8 Å². The summed E-state index contributed by atoms with van der Waals surface area (Å²) in [6, 6.07) is 0. The molecule has 0 rings (SSSR count). The van der Waals surface area contributed by atoms with E-state index in [0.717, 1.165) is 32.4 Å². The molecule has 0 saturated heterocycles. The van der Waals surface area contributed by atoms with Crippen LogP contribution in [-0.4, -0.2) is 27.2 Å². The Balaban J connectivity index is 2.90. The van der Waals surface area contributed by atoms with Gasteiger partial charge < -0.3 is 0 Å². The molecule has 0 spiro atoms. The number of azo groups is 2. The zero-order valence-electron chi connectivity index (χ0n) is 7.32. The highest BCUT2D eigenvalue weighted by Gasteiger charge is 1.86. The Hall–Kier alpha value is -0.800. The van der Waals surface area contributed by atoms with Gasteiger partial charge in [0.2, 0.25) is 0 Å². The van der Waals surface area contributed by atoms with Crippen LogP contribution in [0.5, 0.6) is 0 Å². The Morgan fingerprint density at radius 3 is 1.55 bits per heavy atom. The van der Waals surface area contributed by atoms with Crippen LogP contribution in [0.2, 0.25) is 0 Å². The van der Waals surface area contributed by atoms with Gasteiger partial charge in [0.25, 0.3) is 0 Å². The maximum absolute atomic E-state index is 3.86. The Kier molecular flexibility index (Phi) is 8.53. The van der Waals surface area contributed by atoms with Gasteiger partial charge in [0.15, 0.2) is 0 Å². The summed E-state index contributed by atoms with van der Waals surface area (Å²) in [4.78, 5) is 0. The fraction of sp³-hybridized carbons (Fsp3) is 1.00. The summed E-state index contributed by atoms with van der Waals surface area (Å²) in [5.74, 6) is 0. The molecule has 0 radical (unpaired) electrons. The average Bonchev–Trinajstić information content (AvgIpc) is 2.03. The number of nitrogens with zero attached hydrogens (tertiary/aromatic N) is 4. The lowest BCUT2D eigenvalue weighted by Gasteiger charge is -1.92. The minimum absolute atomic E-state index is 0.847. The number of unbranched alkanes of at least 4 members (excludes halogenated alkanes) is 2. The van der Waals surface area contributed by atoms with Crippen molar-refractivity contribution in [3.8, 4) is 0 Å². The van der Waals surface area contributed by atoms with Gasteiger partial charge in [0.05, 0.1) is 13.1 Å². The van der Waals surface area contributed by atoms with Gasteiger partial charge in [-0.3, -0.25) is 0 Å². The van der Waals surface area contributed by atoms with Crippen molar-refractivity contribution in [3.63, 3.8) is 0 Å². The van der Waals surface area contributed by atoms with E-state index in [1.54, 1.807) is 14.1 Å². The van der Waals surface area contributed by atoms with Crippen LogP contribution in [0.4, 0.5) is 0 Å². The molecular weight excluding hydrogens is 140 g/mol. The molecule has 11 heavy (non-hydrogen) atoms. The summed E-state index contributed by atoms with van der Waals surface area (Å²) in [6.45, 7) is 1.69. The summed E-state index contributed by atoms with van der Waals surface area (Å²) < 4.78 is 0. The van der Waals surface area contributed by atoms with E-state index in [2.05, 4.69) is 20.5 Å². The van der Waals surface area contributed by atoms with Crippen LogP contribution < -0.4 is 0 Å². The van der Waals surface area contributed by atoms with E-state index in [-0.39, 0.29) is 0 Å². The van der Waals surface area contributed by atoms with E-state index in [9.17, 15) is 0 Å². The first-order chi connectivity index (χ1) is 5.41. The van der Waals surface area contributed by atoms with Crippen molar-refractivity contribution in [2.24, 2.45) is 20.5 Å². The maximum atomic E-state index is 3.86. The Morgan fingerprint density at radius 1 is 0.727 bits per heavy atom. The summed E-state index contributed by atoms with van der Waals surface area (Å²) in [6.07, 6.45) is 3.38. The first kappa shape index (κ1) is 10.2. The summed E-state index contributed by atoms with van der Waals surface area (Å²) >= 11 is 0. The van der Waals surface area contributed by atoms with Gasteiger partial charge in [-0.2, -0.15) is 20.5 Å². The third kappa shape index (κ3) is 9.20. The molecule has 0 amide bonds. The lowest BCUT2D eigenvalue weighted by Crippen LogP contribution is -1.83. The van der Waals surface area contributed by atoms with Gasteiger partial charge in [-0.1, -0.05) is 0 Å². The van der Waals surface area contributed by atoms with Crippen molar-refractivity contribution in [1.82, 2.24) is 0 Å². The third-order valence-electron chi connectivity index (χ3n) is 1.30. The van der Waals surface area contributed by atoms with Crippen molar-refractivity contribution >= 4 is 0 Å². The number of hydrogen-bond acceptors (Lipinski definition) is 4. The molecule has 0 N–H and O–H groups in total. The molecule has 0 aromatic heterocycles. The molecular formula is C7H16N4. The van der Waals surface area contributed by atoms with Crippen molar-refractivity contribution in [3.05, 3.63) is 0 Å². The summed E-state index contributed by atoms with van der Waals surface area (Å²) in [5, 5.41) is 15.0. The molecule has 0 aliphatic carbocycles. The fourth-order valence-corrected chi connectivity index (χ4v) is 0.742.